The Kier molecular flexibility index (Phi) is 7.62. The molecule has 0 N–H and O–H groups in total. The highest BCUT2D eigenvalue weighted by molar-refractivity contribution is 8.01. The third-order valence-electron chi connectivity index (χ3n) is 12.9. The van der Waals surface area contributed by atoms with Crippen molar-refractivity contribution < 1.29 is 4.42 Å². The Morgan fingerprint density at radius 3 is 1.85 bits per heavy atom. The van der Waals surface area contributed by atoms with Crippen LogP contribution >= 0.6 is 23.5 Å². The molecule has 0 atom stereocenters. The second kappa shape index (κ2) is 13.3. The number of fused-ring (bicyclic) bond motifs is 9. The topological polar surface area (TPSA) is 16.4 Å². The molecule has 0 spiro atoms. The maximum atomic E-state index is 6.29. The summed E-state index contributed by atoms with van der Waals surface area (Å²) in [6, 6.07) is 77.3. The first kappa shape index (κ1) is 34.4. The van der Waals surface area contributed by atoms with Crippen LogP contribution in [0.1, 0.15) is 0 Å². The summed E-state index contributed by atoms with van der Waals surface area (Å²) in [5.74, 6) is 0. The van der Waals surface area contributed by atoms with Crippen molar-refractivity contribution in [3.8, 4) is 11.1 Å². The van der Waals surface area contributed by atoms with Gasteiger partial charge in [0.25, 0.3) is 0 Å². The molecule has 0 radical (unpaired) electrons. The van der Waals surface area contributed by atoms with Crippen LogP contribution in [-0.4, -0.2) is 14.8 Å². The van der Waals surface area contributed by atoms with E-state index in [-0.39, 0.29) is 6.71 Å². The Hall–Kier alpha value is -6.44. The van der Waals surface area contributed by atoms with Gasteiger partial charge in [-0.05, 0) is 104 Å². The van der Waals surface area contributed by atoms with Crippen LogP contribution < -0.4 is 42.0 Å². The number of rotatable bonds is 4. The van der Waals surface area contributed by atoms with E-state index in [4.69, 9.17) is 4.42 Å². The molecule has 2 nitrogen and oxygen atoms in total. The number of para-hydroxylation sites is 2. The van der Waals surface area contributed by atoms with Crippen LogP contribution in [0.4, 0.5) is 17.1 Å². The molecule has 6 heteroatoms. The molecule has 0 amide bonds. The minimum atomic E-state index is -2.91. The molecule has 280 valence electrons. The first-order valence-electron chi connectivity index (χ1n) is 20.5. The van der Waals surface area contributed by atoms with Crippen LogP contribution in [0.15, 0.2) is 230 Å². The number of benzene rings is 9. The second-order valence-corrected chi connectivity index (χ2v) is 21.8. The molecular weight excluding hydrogens is 782 g/mol. The summed E-state index contributed by atoms with van der Waals surface area (Å²) in [6.45, 7) is 0.169. The number of furan rings is 1. The van der Waals surface area contributed by atoms with Gasteiger partial charge in [0.05, 0.1) is 0 Å². The largest absolute Gasteiger partial charge is 0.456 e. The SMILES string of the molecule is c1ccc([Si]2(c3ccccc3)c3ccccc3N(c3ccc4c(c3)B3c5ccccc5Sc5cccc(c53)S4)c3ccc(-c4ccc5oc6ccccc6c5c4)cc32)cc1. The molecule has 4 heterocycles. The molecule has 0 aliphatic carbocycles. The second-order valence-electron chi connectivity index (χ2n) is 15.9. The molecule has 0 saturated carbocycles. The van der Waals surface area contributed by atoms with E-state index < -0.39 is 8.07 Å². The molecule has 1 aromatic heterocycles. The third kappa shape index (κ3) is 4.93. The highest BCUT2D eigenvalue weighted by Crippen LogP contribution is 2.43. The number of anilines is 3. The van der Waals surface area contributed by atoms with Crippen LogP contribution in [0.25, 0.3) is 33.1 Å². The first-order valence-corrected chi connectivity index (χ1v) is 24.2. The average Bonchev–Trinajstić information content (AvgIpc) is 3.69. The zero-order chi connectivity index (χ0) is 39.4. The van der Waals surface area contributed by atoms with Crippen LogP contribution in [0.5, 0.6) is 0 Å². The minimum absolute atomic E-state index is 0.169. The fourth-order valence-corrected chi connectivity index (χ4v) is 17.8. The van der Waals surface area contributed by atoms with Crippen molar-refractivity contribution >= 4 is 114 Å². The minimum Gasteiger partial charge on any atom is -0.456 e. The van der Waals surface area contributed by atoms with Crippen molar-refractivity contribution in [2.75, 3.05) is 4.90 Å². The van der Waals surface area contributed by atoms with Gasteiger partial charge in [-0.25, -0.2) is 0 Å². The quantitative estimate of drug-likeness (QED) is 0.165. The highest BCUT2D eigenvalue weighted by Gasteiger charge is 2.49. The van der Waals surface area contributed by atoms with Gasteiger partial charge >= 0.3 is 0 Å². The van der Waals surface area contributed by atoms with E-state index in [1.807, 2.05) is 29.6 Å². The Labute approximate surface area is 358 Å². The Morgan fingerprint density at radius 2 is 1.03 bits per heavy atom. The first-order chi connectivity index (χ1) is 29.7. The van der Waals surface area contributed by atoms with Crippen molar-refractivity contribution in [3.63, 3.8) is 0 Å². The fraction of sp³-hybridized carbons (Fsp3) is 0. The van der Waals surface area contributed by atoms with E-state index in [0.717, 1.165) is 21.9 Å². The zero-order valence-electron chi connectivity index (χ0n) is 32.4. The van der Waals surface area contributed by atoms with Gasteiger partial charge in [-0.2, -0.15) is 0 Å². The molecule has 0 saturated heterocycles. The molecule has 10 aromatic rings. The predicted octanol–water partition coefficient (Wildman–Crippen LogP) is 9.86. The summed E-state index contributed by atoms with van der Waals surface area (Å²) in [4.78, 5) is 7.97. The van der Waals surface area contributed by atoms with Crippen molar-refractivity contribution in [1.82, 2.24) is 0 Å². The fourth-order valence-electron chi connectivity index (χ4n) is 10.3. The molecule has 3 aliphatic heterocycles. The molecule has 13 rings (SSSR count). The highest BCUT2D eigenvalue weighted by atomic mass is 32.2. The molecule has 3 aliphatic rings. The summed E-state index contributed by atoms with van der Waals surface area (Å²) in [6.07, 6.45) is 0. The lowest BCUT2D eigenvalue weighted by Crippen LogP contribution is -2.77. The van der Waals surface area contributed by atoms with Crippen molar-refractivity contribution in [2.45, 2.75) is 19.6 Å². The van der Waals surface area contributed by atoms with E-state index in [9.17, 15) is 0 Å². The molecular formula is C54H34BNOS2Si. The summed E-state index contributed by atoms with van der Waals surface area (Å²) in [5, 5.41) is 7.81. The maximum absolute atomic E-state index is 6.29. The van der Waals surface area contributed by atoms with Gasteiger partial charge in [-0.1, -0.05) is 174 Å². The number of nitrogens with zero attached hydrogens (tertiary/aromatic N) is 1. The Bertz CT molecular complexity index is 3310. The molecule has 0 unspecified atom stereocenters. The molecule has 0 bridgehead atoms. The zero-order valence-corrected chi connectivity index (χ0v) is 35.0. The third-order valence-corrected chi connectivity index (χ3v) is 20.0. The monoisotopic (exact) mass is 815 g/mol. The van der Waals surface area contributed by atoms with Crippen LogP contribution in [0.3, 0.4) is 0 Å². The van der Waals surface area contributed by atoms with Gasteiger partial charge in [0, 0.05) is 47.4 Å². The van der Waals surface area contributed by atoms with Crippen LogP contribution in [-0.2, 0) is 0 Å². The van der Waals surface area contributed by atoms with E-state index in [2.05, 4.69) is 205 Å². The Morgan fingerprint density at radius 1 is 0.417 bits per heavy atom. The van der Waals surface area contributed by atoms with Gasteiger partial charge in [0.1, 0.15) is 11.2 Å². The van der Waals surface area contributed by atoms with Gasteiger partial charge < -0.3 is 9.32 Å². The Balaban J connectivity index is 1.08. The summed E-state index contributed by atoms with van der Waals surface area (Å²) in [5.41, 5.74) is 12.1. The lowest BCUT2D eigenvalue weighted by atomic mass is 9.36. The molecule has 9 aromatic carbocycles. The standard InChI is InChI=1S/C54H34BNOS2Si/c1-3-14-38(15-4-1)60(39-16-5-2-6-17-39)52-25-12-9-20-44(52)56(45-29-26-36(33-53(45)60)35-27-30-47-41(32-35)40-18-7-10-21-46(40)57-47)37-28-31-49-43(34-37)55-42-19-8-11-22-48(42)58-50-23-13-24-51(59-49)54(50)55/h1-34H. The van der Waals surface area contributed by atoms with Crippen molar-refractivity contribution in [3.05, 3.63) is 206 Å². The van der Waals surface area contributed by atoms with Crippen LogP contribution in [0.2, 0.25) is 0 Å². The van der Waals surface area contributed by atoms with Gasteiger partial charge in [-0.3, -0.25) is 0 Å². The van der Waals surface area contributed by atoms with E-state index in [1.54, 1.807) is 0 Å². The predicted molar refractivity (Wildman–Crippen MR) is 257 cm³/mol. The van der Waals surface area contributed by atoms with Crippen molar-refractivity contribution in [2.24, 2.45) is 0 Å². The van der Waals surface area contributed by atoms with Gasteiger partial charge in [0.15, 0.2) is 8.07 Å². The number of hydrogen-bond donors (Lipinski definition) is 0. The summed E-state index contributed by atoms with van der Waals surface area (Å²) < 4.78 is 6.29. The van der Waals surface area contributed by atoms with E-state index >= 15 is 0 Å². The average molecular weight is 816 g/mol. The molecule has 0 fully saturated rings. The summed E-state index contributed by atoms with van der Waals surface area (Å²) >= 11 is 3.83. The van der Waals surface area contributed by atoms with Crippen molar-refractivity contribution in [1.29, 1.82) is 0 Å². The van der Waals surface area contributed by atoms with Gasteiger partial charge in [0.2, 0.25) is 6.71 Å². The van der Waals surface area contributed by atoms with E-state index in [1.165, 1.54) is 84.9 Å². The van der Waals surface area contributed by atoms with Gasteiger partial charge in [-0.15, -0.1) is 0 Å². The normalized spacial score (nSPS) is 14.3. The lowest BCUT2D eigenvalue weighted by molar-refractivity contribution is 0.669. The van der Waals surface area contributed by atoms with Crippen LogP contribution in [0, 0.1) is 0 Å². The summed E-state index contributed by atoms with van der Waals surface area (Å²) in [7, 11) is -2.91. The maximum Gasteiger partial charge on any atom is 0.247 e. The lowest BCUT2D eigenvalue weighted by Gasteiger charge is -2.45. The number of hydrogen-bond acceptors (Lipinski definition) is 4. The smallest absolute Gasteiger partial charge is 0.247 e. The van der Waals surface area contributed by atoms with E-state index in [0.29, 0.717) is 0 Å². The molecule has 60 heavy (non-hydrogen) atoms.